The van der Waals surface area contributed by atoms with Crippen LogP contribution in [-0.2, 0) is 52.1 Å². The van der Waals surface area contributed by atoms with Gasteiger partial charge in [0.05, 0.1) is 138 Å². The van der Waals surface area contributed by atoms with Gasteiger partial charge in [-0.25, -0.2) is 0 Å². The van der Waals surface area contributed by atoms with Gasteiger partial charge in [0.25, 0.3) is 0 Å². The number of hydrogen-bond acceptors (Lipinski definition) is 12. The first kappa shape index (κ1) is 42.3. The van der Waals surface area contributed by atoms with Gasteiger partial charge in [0.15, 0.2) is 0 Å². The Bertz CT molecular complexity index is 537. The lowest BCUT2D eigenvalue weighted by Gasteiger charge is -2.22. The molecule has 0 aliphatic carbocycles. The first-order valence-corrected chi connectivity index (χ1v) is 18.1. The molecule has 0 bridgehead atoms. The van der Waals surface area contributed by atoms with Crippen molar-refractivity contribution < 1.29 is 52.1 Å². The molecule has 0 spiro atoms. The van der Waals surface area contributed by atoms with Gasteiger partial charge in [-0.3, -0.25) is 0 Å². The summed E-state index contributed by atoms with van der Waals surface area (Å²) in [5, 5.41) is 3.33. The van der Waals surface area contributed by atoms with E-state index in [2.05, 4.69) is 27.9 Å². The Morgan fingerprint density at radius 3 is 1.00 bits per heavy atom. The number of hydrogen-bond donors (Lipinski definition) is 1. The summed E-state index contributed by atoms with van der Waals surface area (Å²) < 4.78 is 62.1. The average molecular weight is 752 g/mol. The molecule has 1 fully saturated rings. The fourth-order valence-electron chi connectivity index (χ4n) is 3.97. The molecule has 0 atom stereocenters. The lowest BCUT2D eigenvalue weighted by Crippen LogP contribution is -2.33. The lowest BCUT2D eigenvalue weighted by molar-refractivity contribution is -0.0324. The van der Waals surface area contributed by atoms with E-state index in [1.165, 1.54) is 23.7 Å². The van der Waals surface area contributed by atoms with Gasteiger partial charge in [-0.1, -0.05) is 35.4 Å². The van der Waals surface area contributed by atoms with Gasteiger partial charge in [0.2, 0.25) is 0 Å². The maximum Gasteiger partial charge on any atom is 0.0704 e. The van der Waals surface area contributed by atoms with Crippen LogP contribution >= 0.6 is 22.6 Å². The molecule has 1 aliphatic heterocycles. The minimum atomic E-state index is 0.375. The summed E-state index contributed by atoms with van der Waals surface area (Å²) in [5.41, 5.74) is 0. The second kappa shape index (κ2) is 37.7. The molecular formula is C31H62INO11. The van der Waals surface area contributed by atoms with Crippen LogP contribution < -0.4 is 5.32 Å². The van der Waals surface area contributed by atoms with E-state index in [-0.39, 0.29) is 0 Å². The molecule has 264 valence electrons. The lowest BCUT2D eigenvalue weighted by atomic mass is 10.1. The monoisotopic (exact) mass is 751 g/mol. The minimum absolute atomic E-state index is 0.375. The van der Waals surface area contributed by atoms with Gasteiger partial charge < -0.3 is 57.4 Å². The molecule has 0 amide bonds. The van der Waals surface area contributed by atoms with Crippen LogP contribution in [0.1, 0.15) is 38.5 Å². The van der Waals surface area contributed by atoms with Crippen molar-refractivity contribution in [2.45, 2.75) is 44.6 Å². The normalized spacial score (nSPS) is 14.1. The third-order valence-electron chi connectivity index (χ3n) is 6.39. The molecule has 1 saturated heterocycles. The highest BCUT2D eigenvalue weighted by molar-refractivity contribution is 14.1. The predicted molar refractivity (Wildman–Crippen MR) is 177 cm³/mol. The van der Waals surface area contributed by atoms with E-state index < -0.39 is 0 Å². The van der Waals surface area contributed by atoms with Gasteiger partial charge in [0, 0.05) is 6.61 Å². The maximum absolute atomic E-state index is 5.79. The van der Waals surface area contributed by atoms with Crippen LogP contribution in [0.25, 0.3) is 0 Å². The summed E-state index contributed by atoms with van der Waals surface area (Å²) in [5.74, 6) is 0. The fraction of sp³-hybridized carbons (Fsp3) is 1.00. The molecule has 13 heteroatoms. The molecule has 0 aromatic carbocycles. The van der Waals surface area contributed by atoms with Gasteiger partial charge in [0.1, 0.15) is 0 Å². The average Bonchev–Trinajstić information content (AvgIpc) is 3.05. The van der Waals surface area contributed by atoms with E-state index in [9.17, 15) is 0 Å². The van der Waals surface area contributed by atoms with Gasteiger partial charge in [-0.15, -0.1) is 0 Å². The van der Waals surface area contributed by atoms with Crippen LogP contribution in [0.4, 0.5) is 0 Å². The van der Waals surface area contributed by atoms with Crippen molar-refractivity contribution in [3.8, 4) is 0 Å². The maximum atomic E-state index is 5.79. The fourth-order valence-corrected chi connectivity index (χ4v) is 4.51. The quantitative estimate of drug-likeness (QED) is 0.0573. The van der Waals surface area contributed by atoms with Gasteiger partial charge in [-0.2, -0.15) is 0 Å². The zero-order chi connectivity index (χ0) is 31.3. The van der Waals surface area contributed by atoms with E-state index in [1.807, 2.05) is 0 Å². The van der Waals surface area contributed by atoms with Crippen molar-refractivity contribution in [1.82, 2.24) is 5.32 Å². The molecule has 0 saturated carbocycles. The highest BCUT2D eigenvalue weighted by atomic mass is 127. The van der Waals surface area contributed by atoms with Crippen molar-refractivity contribution in [2.24, 2.45) is 0 Å². The van der Waals surface area contributed by atoms with Crippen LogP contribution in [0.2, 0.25) is 0 Å². The SMILES string of the molecule is ICCCCCCOCCOCCOCCOCCOCCOCCOCCOCCOCCOCCOC1CCNCC1. The summed E-state index contributed by atoms with van der Waals surface area (Å²) in [7, 11) is 0. The third-order valence-corrected chi connectivity index (χ3v) is 7.15. The Morgan fingerprint density at radius 1 is 0.364 bits per heavy atom. The summed E-state index contributed by atoms with van der Waals surface area (Å²) in [6.45, 7) is 14.1. The Kier molecular flexibility index (Phi) is 36.2. The summed E-state index contributed by atoms with van der Waals surface area (Å²) in [6, 6.07) is 0. The number of ether oxygens (including phenoxy) is 11. The first-order valence-electron chi connectivity index (χ1n) is 16.6. The zero-order valence-electron chi connectivity index (χ0n) is 27.2. The standard InChI is InChI=1S/C31H62INO11/c32-7-3-1-2-4-10-34-11-12-35-13-14-36-15-16-37-17-18-38-19-20-39-21-22-40-23-24-41-25-26-42-27-28-43-29-30-44-31-5-8-33-9-6-31/h31,33H,1-30H2. The Labute approximate surface area is 280 Å². The molecule has 12 nitrogen and oxygen atoms in total. The highest BCUT2D eigenvalue weighted by Crippen LogP contribution is 2.06. The molecule has 1 rings (SSSR count). The summed E-state index contributed by atoms with van der Waals surface area (Å²) in [4.78, 5) is 0. The van der Waals surface area contributed by atoms with Crippen LogP contribution in [0, 0.1) is 0 Å². The second-order valence-electron chi connectivity index (χ2n) is 10.0. The molecule has 1 aliphatic rings. The van der Waals surface area contributed by atoms with Crippen LogP contribution in [0.5, 0.6) is 0 Å². The van der Waals surface area contributed by atoms with Crippen molar-refractivity contribution in [1.29, 1.82) is 0 Å². The van der Waals surface area contributed by atoms with Crippen LogP contribution in [0.15, 0.2) is 0 Å². The molecule has 0 unspecified atom stereocenters. The van der Waals surface area contributed by atoms with E-state index in [0.29, 0.717) is 138 Å². The predicted octanol–water partition coefficient (Wildman–Crippen LogP) is 2.92. The number of rotatable bonds is 37. The number of nitrogens with one attached hydrogen (secondary N) is 1. The Morgan fingerprint density at radius 2 is 0.659 bits per heavy atom. The molecule has 1 heterocycles. The first-order chi connectivity index (χ1) is 21.9. The molecular weight excluding hydrogens is 689 g/mol. The number of halogens is 1. The largest absolute Gasteiger partial charge is 0.379 e. The molecule has 1 N–H and O–H groups in total. The van der Waals surface area contributed by atoms with Gasteiger partial charge >= 0.3 is 0 Å². The number of piperidine rings is 1. The molecule has 0 aromatic heterocycles. The van der Waals surface area contributed by atoms with Gasteiger partial charge in [-0.05, 0) is 43.2 Å². The second-order valence-corrected chi connectivity index (χ2v) is 11.1. The molecule has 44 heavy (non-hydrogen) atoms. The van der Waals surface area contributed by atoms with Crippen LogP contribution in [-0.4, -0.2) is 162 Å². The van der Waals surface area contributed by atoms with Crippen LogP contribution in [0.3, 0.4) is 0 Å². The molecule has 0 radical (unpaired) electrons. The Balaban J connectivity index is 1.60. The van der Waals surface area contributed by atoms with Crippen molar-refractivity contribution >= 4 is 22.6 Å². The number of unbranched alkanes of at least 4 members (excludes halogenated alkanes) is 3. The van der Waals surface area contributed by atoms with E-state index in [1.54, 1.807) is 0 Å². The Hall–Kier alpha value is 0.250. The highest BCUT2D eigenvalue weighted by Gasteiger charge is 2.12. The van der Waals surface area contributed by atoms with Crippen molar-refractivity contribution in [3.63, 3.8) is 0 Å². The third kappa shape index (κ3) is 33.6. The summed E-state index contributed by atoms with van der Waals surface area (Å²) >= 11 is 2.42. The topological polar surface area (TPSA) is 114 Å². The smallest absolute Gasteiger partial charge is 0.0704 e. The van der Waals surface area contributed by atoms with E-state index in [0.717, 1.165) is 39.0 Å². The molecule has 0 aromatic rings. The zero-order valence-corrected chi connectivity index (χ0v) is 29.3. The van der Waals surface area contributed by atoms with Crippen molar-refractivity contribution in [2.75, 3.05) is 156 Å². The summed E-state index contributed by atoms with van der Waals surface area (Å²) in [6.07, 6.45) is 7.53. The number of alkyl halides is 1. The van der Waals surface area contributed by atoms with E-state index in [4.69, 9.17) is 52.1 Å². The van der Waals surface area contributed by atoms with Crippen molar-refractivity contribution in [3.05, 3.63) is 0 Å². The minimum Gasteiger partial charge on any atom is -0.379 e. The van der Waals surface area contributed by atoms with E-state index >= 15 is 0 Å².